The SMILES string of the molecule is NS(N)(=O)=O.Nc1ccccc1. The molecule has 1 aromatic rings. The summed E-state index contributed by atoms with van der Waals surface area (Å²) >= 11 is 0. The molecule has 1 rings (SSSR count). The highest BCUT2D eigenvalue weighted by Gasteiger charge is 1.78. The summed E-state index contributed by atoms with van der Waals surface area (Å²) in [6.07, 6.45) is 0. The number of rotatable bonds is 0. The summed E-state index contributed by atoms with van der Waals surface area (Å²) in [5.74, 6) is 0. The molecule has 0 atom stereocenters. The predicted molar refractivity (Wildman–Crippen MR) is 48.1 cm³/mol. The van der Waals surface area contributed by atoms with E-state index < -0.39 is 10.2 Å². The van der Waals surface area contributed by atoms with Gasteiger partial charge in [0.25, 0.3) is 10.2 Å². The van der Waals surface area contributed by atoms with Gasteiger partial charge in [-0.1, -0.05) is 18.2 Å². The van der Waals surface area contributed by atoms with Crippen LogP contribution in [-0.2, 0) is 10.2 Å². The average Bonchev–Trinajstić information content (AvgIpc) is 1.85. The second kappa shape index (κ2) is 4.70. The Bertz CT molecular complexity index is 301. The van der Waals surface area contributed by atoms with Gasteiger partial charge < -0.3 is 5.73 Å². The van der Waals surface area contributed by atoms with Gasteiger partial charge in [-0.25, -0.2) is 10.3 Å². The van der Waals surface area contributed by atoms with E-state index in [9.17, 15) is 8.42 Å². The Morgan fingerprint density at radius 3 is 1.50 bits per heavy atom. The molecule has 0 spiro atoms. The standard InChI is InChI=1S/C6H7N.H4N2O2S/c7-6-4-2-1-3-5-6;1-5(2,3)4/h1-5H,7H2;(H4,1,2,3,4). The fourth-order valence-corrected chi connectivity index (χ4v) is 0.453. The van der Waals surface area contributed by atoms with E-state index in [0.717, 1.165) is 5.69 Å². The zero-order valence-electron chi connectivity index (χ0n) is 6.34. The summed E-state index contributed by atoms with van der Waals surface area (Å²) in [4.78, 5) is 0. The molecule has 1 aromatic carbocycles. The van der Waals surface area contributed by atoms with Gasteiger partial charge in [0.05, 0.1) is 0 Å². The quantitative estimate of drug-likeness (QED) is 0.474. The summed E-state index contributed by atoms with van der Waals surface area (Å²) in [5, 5.41) is 8.21. The first-order valence-corrected chi connectivity index (χ1v) is 4.61. The molecule has 0 saturated carbocycles. The van der Waals surface area contributed by atoms with Gasteiger partial charge in [0.2, 0.25) is 0 Å². The normalized spacial score (nSPS) is 9.83. The topological polar surface area (TPSA) is 112 Å². The van der Waals surface area contributed by atoms with Crippen LogP contribution in [0.1, 0.15) is 0 Å². The minimum absolute atomic E-state index is 0.822. The molecule has 6 N–H and O–H groups in total. The molecule has 68 valence electrons. The third kappa shape index (κ3) is 11.7. The number of hydrogen-bond acceptors (Lipinski definition) is 3. The van der Waals surface area contributed by atoms with Crippen LogP contribution in [0.4, 0.5) is 5.69 Å². The largest absolute Gasteiger partial charge is 0.399 e. The van der Waals surface area contributed by atoms with Crippen LogP contribution in [-0.4, -0.2) is 8.42 Å². The maximum absolute atomic E-state index is 9.19. The van der Waals surface area contributed by atoms with Gasteiger partial charge in [0, 0.05) is 5.69 Å². The highest BCUT2D eigenvalue weighted by molar-refractivity contribution is 7.86. The fourth-order valence-electron chi connectivity index (χ4n) is 0.453. The lowest BCUT2D eigenvalue weighted by Gasteiger charge is -1.83. The molecule has 0 radical (unpaired) electrons. The minimum Gasteiger partial charge on any atom is -0.399 e. The molecule has 0 bridgehead atoms. The lowest BCUT2D eigenvalue weighted by atomic mass is 10.3. The van der Waals surface area contributed by atoms with E-state index in [1.54, 1.807) is 0 Å². The lowest BCUT2D eigenvalue weighted by Crippen LogP contribution is -2.21. The van der Waals surface area contributed by atoms with Crippen LogP contribution in [0.2, 0.25) is 0 Å². The Hall–Kier alpha value is -1.11. The van der Waals surface area contributed by atoms with Crippen molar-refractivity contribution >= 4 is 15.9 Å². The third-order valence-corrected chi connectivity index (χ3v) is 0.800. The van der Waals surface area contributed by atoms with E-state index in [-0.39, 0.29) is 0 Å². The summed E-state index contributed by atoms with van der Waals surface area (Å²) in [5.41, 5.74) is 6.18. The average molecular weight is 189 g/mol. The Morgan fingerprint density at radius 2 is 1.33 bits per heavy atom. The highest BCUT2D eigenvalue weighted by Crippen LogP contribution is 1.95. The van der Waals surface area contributed by atoms with Crippen molar-refractivity contribution in [3.05, 3.63) is 30.3 Å². The molecule has 0 unspecified atom stereocenters. The minimum atomic E-state index is -3.67. The summed E-state index contributed by atoms with van der Waals surface area (Å²) < 4.78 is 18.4. The fraction of sp³-hybridized carbons (Fsp3) is 0. The molecule has 0 aliphatic heterocycles. The zero-order valence-corrected chi connectivity index (χ0v) is 7.16. The summed E-state index contributed by atoms with van der Waals surface area (Å²) in [6.45, 7) is 0. The second-order valence-corrected chi connectivity index (χ2v) is 3.18. The zero-order chi connectivity index (χ0) is 9.61. The Labute approximate surface area is 71.4 Å². The van der Waals surface area contributed by atoms with Crippen molar-refractivity contribution in [2.24, 2.45) is 10.3 Å². The molecule has 0 amide bonds. The van der Waals surface area contributed by atoms with Crippen molar-refractivity contribution in [1.29, 1.82) is 0 Å². The third-order valence-electron chi connectivity index (χ3n) is 0.800. The number of hydrogen-bond donors (Lipinski definition) is 3. The molecular weight excluding hydrogens is 178 g/mol. The van der Waals surface area contributed by atoms with E-state index in [4.69, 9.17) is 5.73 Å². The van der Waals surface area contributed by atoms with Crippen LogP contribution in [0.3, 0.4) is 0 Å². The van der Waals surface area contributed by atoms with Crippen molar-refractivity contribution < 1.29 is 8.42 Å². The Morgan fingerprint density at radius 1 is 1.00 bits per heavy atom. The number of nitrogen functional groups attached to an aromatic ring is 1. The van der Waals surface area contributed by atoms with Gasteiger partial charge in [-0.05, 0) is 12.1 Å². The number of anilines is 1. The maximum atomic E-state index is 9.19. The maximum Gasteiger partial charge on any atom is 0.271 e. The lowest BCUT2D eigenvalue weighted by molar-refractivity contribution is 0.599. The van der Waals surface area contributed by atoms with Crippen LogP contribution in [0, 0.1) is 0 Å². The molecule has 0 aromatic heterocycles. The van der Waals surface area contributed by atoms with Crippen molar-refractivity contribution in [1.82, 2.24) is 0 Å². The first-order chi connectivity index (χ1) is 5.39. The van der Waals surface area contributed by atoms with Crippen molar-refractivity contribution in [3.8, 4) is 0 Å². The van der Waals surface area contributed by atoms with Crippen LogP contribution >= 0.6 is 0 Å². The van der Waals surface area contributed by atoms with Gasteiger partial charge in [-0.2, -0.15) is 8.42 Å². The Kier molecular flexibility index (Phi) is 4.27. The van der Waals surface area contributed by atoms with Gasteiger partial charge in [0.1, 0.15) is 0 Å². The highest BCUT2D eigenvalue weighted by atomic mass is 32.2. The molecule has 5 nitrogen and oxygen atoms in total. The van der Waals surface area contributed by atoms with E-state index in [0.29, 0.717) is 0 Å². The monoisotopic (exact) mass is 189 g/mol. The van der Waals surface area contributed by atoms with Crippen LogP contribution in [0.15, 0.2) is 30.3 Å². The van der Waals surface area contributed by atoms with Crippen LogP contribution in [0.5, 0.6) is 0 Å². The molecule has 0 saturated heterocycles. The van der Waals surface area contributed by atoms with Gasteiger partial charge >= 0.3 is 0 Å². The number of nitrogens with two attached hydrogens (primary N) is 3. The summed E-state index contributed by atoms with van der Waals surface area (Å²) in [6, 6.07) is 9.49. The molecular formula is C6H11N3O2S. The first kappa shape index (κ1) is 10.9. The van der Waals surface area contributed by atoms with E-state index >= 15 is 0 Å². The van der Waals surface area contributed by atoms with Gasteiger partial charge in [-0.3, -0.25) is 0 Å². The molecule has 0 aliphatic carbocycles. The van der Waals surface area contributed by atoms with Crippen LogP contribution in [0.25, 0.3) is 0 Å². The molecule has 0 fully saturated rings. The second-order valence-electron chi connectivity index (χ2n) is 2.00. The first-order valence-electron chi connectivity index (χ1n) is 3.00. The number of para-hydroxylation sites is 1. The van der Waals surface area contributed by atoms with E-state index in [1.165, 1.54) is 0 Å². The predicted octanol–water partition coefficient (Wildman–Crippen LogP) is -0.583. The van der Waals surface area contributed by atoms with Crippen molar-refractivity contribution in [2.75, 3.05) is 5.73 Å². The van der Waals surface area contributed by atoms with Gasteiger partial charge in [0.15, 0.2) is 0 Å². The van der Waals surface area contributed by atoms with E-state index in [1.807, 2.05) is 30.3 Å². The molecule has 0 aliphatic rings. The molecule has 12 heavy (non-hydrogen) atoms. The molecule has 6 heteroatoms. The Balaban J connectivity index is 0.000000217. The number of benzene rings is 1. The van der Waals surface area contributed by atoms with Crippen molar-refractivity contribution in [3.63, 3.8) is 0 Å². The van der Waals surface area contributed by atoms with Crippen molar-refractivity contribution in [2.45, 2.75) is 0 Å². The van der Waals surface area contributed by atoms with E-state index in [2.05, 4.69) is 10.3 Å². The smallest absolute Gasteiger partial charge is 0.271 e. The van der Waals surface area contributed by atoms with Gasteiger partial charge in [-0.15, -0.1) is 0 Å². The molecule has 0 heterocycles. The van der Waals surface area contributed by atoms with Crippen LogP contribution < -0.4 is 16.0 Å². The summed E-state index contributed by atoms with van der Waals surface area (Å²) in [7, 11) is -3.67.